The zero-order valence-corrected chi connectivity index (χ0v) is 10.0. The van der Waals surface area contributed by atoms with Crippen LogP contribution in [0.15, 0.2) is 0 Å². The highest BCUT2D eigenvalue weighted by Crippen LogP contribution is 2.43. The third-order valence-corrected chi connectivity index (χ3v) is 4.14. The number of hydrogen-bond donors (Lipinski definition) is 3. The van der Waals surface area contributed by atoms with E-state index < -0.39 is 12.0 Å². The van der Waals surface area contributed by atoms with Crippen molar-refractivity contribution in [1.29, 1.82) is 0 Å². The van der Waals surface area contributed by atoms with Crippen LogP contribution in [0.3, 0.4) is 0 Å². The number of aliphatic carboxylic acids is 1. The Labute approximate surface area is 101 Å². The average Bonchev–Trinajstić information content (AvgIpc) is 3.07. The zero-order valence-electron chi connectivity index (χ0n) is 10.0. The van der Waals surface area contributed by atoms with Crippen LogP contribution in [0.25, 0.3) is 0 Å². The van der Waals surface area contributed by atoms with E-state index in [9.17, 15) is 4.79 Å². The highest BCUT2D eigenvalue weighted by atomic mass is 16.6. The quantitative estimate of drug-likeness (QED) is 0.582. The molecule has 0 aromatic heterocycles. The molecule has 5 N–H and O–H groups in total. The molecule has 1 aliphatic heterocycles. The molecule has 0 aromatic rings. The fourth-order valence-electron chi connectivity index (χ4n) is 3.07. The summed E-state index contributed by atoms with van der Waals surface area (Å²) in [5.74, 6) is -0.469. The third-order valence-electron chi connectivity index (χ3n) is 4.14. The molecular weight excluding hydrogens is 220 g/mol. The lowest BCUT2D eigenvalue weighted by Crippen LogP contribution is -2.43. The minimum Gasteiger partial charge on any atom is -0.480 e. The first-order valence-electron chi connectivity index (χ1n) is 6.47. The number of rotatable bonds is 6. The van der Waals surface area contributed by atoms with Gasteiger partial charge in [-0.15, -0.1) is 0 Å². The maximum absolute atomic E-state index is 11.1. The standard InChI is InChI=1S/C12H22N2O3/c13-5-1-2-8(11(14)12(15)16)7-3-4-9-10(6-7)17-9/h7-11H,1-6,13-14H2,(H,15,16)/t7?,8?,9?,10?,11-/m0/s1. The Hall–Kier alpha value is -0.650. The van der Waals surface area contributed by atoms with Crippen molar-refractivity contribution in [3.05, 3.63) is 0 Å². The van der Waals surface area contributed by atoms with Gasteiger partial charge in [-0.25, -0.2) is 0 Å². The van der Waals surface area contributed by atoms with Crippen LogP contribution in [0.5, 0.6) is 0 Å². The van der Waals surface area contributed by atoms with Gasteiger partial charge in [0.05, 0.1) is 12.2 Å². The maximum atomic E-state index is 11.1. The summed E-state index contributed by atoms with van der Waals surface area (Å²) in [7, 11) is 0. The number of epoxide rings is 1. The molecule has 0 bridgehead atoms. The lowest BCUT2D eigenvalue weighted by atomic mass is 9.75. The van der Waals surface area contributed by atoms with E-state index in [0.29, 0.717) is 24.7 Å². The minimum atomic E-state index is -0.897. The largest absolute Gasteiger partial charge is 0.480 e. The summed E-state index contributed by atoms with van der Waals surface area (Å²) in [6, 6.07) is -0.762. The van der Waals surface area contributed by atoms with E-state index >= 15 is 0 Å². The van der Waals surface area contributed by atoms with Crippen molar-refractivity contribution in [2.45, 2.75) is 50.4 Å². The van der Waals surface area contributed by atoms with Crippen molar-refractivity contribution >= 4 is 5.97 Å². The zero-order chi connectivity index (χ0) is 12.4. The molecular formula is C12H22N2O3. The predicted molar refractivity (Wildman–Crippen MR) is 63.4 cm³/mol. The monoisotopic (exact) mass is 242 g/mol. The van der Waals surface area contributed by atoms with Gasteiger partial charge in [-0.2, -0.15) is 0 Å². The van der Waals surface area contributed by atoms with E-state index in [1.165, 1.54) is 0 Å². The number of carbonyl (C=O) groups is 1. The van der Waals surface area contributed by atoms with Gasteiger partial charge >= 0.3 is 5.97 Å². The normalized spacial score (nSPS) is 34.8. The van der Waals surface area contributed by atoms with Crippen LogP contribution in [0.1, 0.15) is 32.1 Å². The molecule has 0 spiro atoms. The van der Waals surface area contributed by atoms with Crippen LogP contribution in [0.4, 0.5) is 0 Å². The Morgan fingerprint density at radius 3 is 2.76 bits per heavy atom. The summed E-state index contributed by atoms with van der Waals surface area (Å²) < 4.78 is 5.49. The summed E-state index contributed by atoms with van der Waals surface area (Å²) in [6.45, 7) is 0.595. The van der Waals surface area contributed by atoms with Gasteiger partial charge in [-0.1, -0.05) is 0 Å². The van der Waals surface area contributed by atoms with Crippen molar-refractivity contribution in [2.24, 2.45) is 23.3 Å². The fourth-order valence-corrected chi connectivity index (χ4v) is 3.07. The van der Waals surface area contributed by atoms with Gasteiger partial charge in [0.1, 0.15) is 6.04 Å². The Morgan fingerprint density at radius 2 is 2.18 bits per heavy atom. The molecule has 2 fully saturated rings. The fraction of sp³-hybridized carbons (Fsp3) is 0.917. The Morgan fingerprint density at radius 1 is 1.41 bits per heavy atom. The average molecular weight is 242 g/mol. The summed E-state index contributed by atoms with van der Waals surface area (Å²) in [5.41, 5.74) is 11.3. The molecule has 98 valence electrons. The molecule has 5 heteroatoms. The van der Waals surface area contributed by atoms with Crippen LogP contribution >= 0.6 is 0 Å². The van der Waals surface area contributed by atoms with Gasteiger partial charge in [-0.3, -0.25) is 4.79 Å². The number of fused-ring (bicyclic) bond motifs is 1. The molecule has 1 saturated carbocycles. The van der Waals surface area contributed by atoms with Crippen molar-refractivity contribution in [3.63, 3.8) is 0 Å². The van der Waals surface area contributed by atoms with E-state index in [0.717, 1.165) is 32.1 Å². The summed E-state index contributed by atoms with van der Waals surface area (Å²) >= 11 is 0. The lowest BCUT2D eigenvalue weighted by molar-refractivity contribution is -0.140. The Bertz CT molecular complexity index is 285. The first kappa shape index (κ1) is 12.8. The summed E-state index contributed by atoms with van der Waals surface area (Å²) in [5, 5.41) is 9.07. The van der Waals surface area contributed by atoms with Gasteiger partial charge in [0, 0.05) is 0 Å². The third kappa shape index (κ3) is 2.97. The van der Waals surface area contributed by atoms with E-state index in [4.69, 9.17) is 21.3 Å². The number of hydrogen-bond acceptors (Lipinski definition) is 4. The van der Waals surface area contributed by atoms with Gasteiger partial charge in [0.15, 0.2) is 0 Å². The topological polar surface area (TPSA) is 102 Å². The molecule has 4 unspecified atom stereocenters. The van der Waals surface area contributed by atoms with Crippen molar-refractivity contribution < 1.29 is 14.6 Å². The first-order chi connectivity index (χ1) is 8.13. The molecule has 0 amide bonds. The Balaban J connectivity index is 1.95. The highest BCUT2D eigenvalue weighted by Gasteiger charge is 2.46. The van der Waals surface area contributed by atoms with Crippen LogP contribution in [0, 0.1) is 11.8 Å². The minimum absolute atomic E-state index is 0.0428. The molecule has 5 atom stereocenters. The van der Waals surface area contributed by atoms with Crippen LogP contribution in [0.2, 0.25) is 0 Å². The molecule has 2 aliphatic rings. The number of carboxylic acid groups (broad SMARTS) is 1. The molecule has 1 saturated heterocycles. The van der Waals surface area contributed by atoms with E-state index in [-0.39, 0.29) is 5.92 Å². The Kier molecular flexibility index (Phi) is 4.01. The van der Waals surface area contributed by atoms with Gasteiger partial charge in [0.2, 0.25) is 0 Å². The summed E-state index contributed by atoms with van der Waals surface area (Å²) in [6.07, 6.45) is 5.54. The van der Waals surface area contributed by atoms with Crippen molar-refractivity contribution in [1.82, 2.24) is 0 Å². The second-order valence-electron chi connectivity index (χ2n) is 5.24. The van der Waals surface area contributed by atoms with Crippen LogP contribution in [-0.2, 0) is 9.53 Å². The van der Waals surface area contributed by atoms with E-state index in [2.05, 4.69) is 0 Å². The number of ether oxygens (including phenoxy) is 1. The van der Waals surface area contributed by atoms with Crippen LogP contribution in [-0.4, -0.2) is 35.9 Å². The predicted octanol–water partition coefficient (Wildman–Crippen LogP) is 0.321. The molecule has 1 aliphatic carbocycles. The van der Waals surface area contributed by atoms with Gasteiger partial charge in [0.25, 0.3) is 0 Å². The first-order valence-corrected chi connectivity index (χ1v) is 6.47. The van der Waals surface area contributed by atoms with E-state index in [1.54, 1.807) is 0 Å². The lowest BCUT2D eigenvalue weighted by Gasteiger charge is -2.31. The van der Waals surface area contributed by atoms with Gasteiger partial charge < -0.3 is 21.3 Å². The smallest absolute Gasteiger partial charge is 0.320 e. The SMILES string of the molecule is NCCCC(C1CCC2OC2C1)[C@H](N)C(=O)O. The second kappa shape index (κ2) is 5.33. The van der Waals surface area contributed by atoms with Crippen molar-refractivity contribution in [2.75, 3.05) is 6.54 Å². The molecule has 0 radical (unpaired) electrons. The molecule has 1 heterocycles. The second-order valence-corrected chi connectivity index (χ2v) is 5.24. The maximum Gasteiger partial charge on any atom is 0.320 e. The number of nitrogens with two attached hydrogens (primary N) is 2. The van der Waals surface area contributed by atoms with Crippen LogP contribution < -0.4 is 11.5 Å². The van der Waals surface area contributed by atoms with Gasteiger partial charge in [-0.05, 0) is 50.5 Å². The highest BCUT2D eigenvalue weighted by molar-refractivity contribution is 5.73. The molecule has 17 heavy (non-hydrogen) atoms. The van der Waals surface area contributed by atoms with Crippen molar-refractivity contribution in [3.8, 4) is 0 Å². The molecule has 5 nitrogen and oxygen atoms in total. The van der Waals surface area contributed by atoms with E-state index in [1.807, 2.05) is 0 Å². The molecule has 2 rings (SSSR count). The molecule has 0 aromatic carbocycles. The number of carboxylic acids is 1. The summed E-state index contributed by atoms with van der Waals surface area (Å²) in [4.78, 5) is 11.1.